The second-order valence-corrected chi connectivity index (χ2v) is 14.3. The van der Waals surface area contributed by atoms with E-state index in [1.54, 1.807) is 17.0 Å². The van der Waals surface area contributed by atoms with Gasteiger partial charge in [-0.15, -0.1) is 0 Å². The highest BCUT2D eigenvalue weighted by molar-refractivity contribution is 5.93. The second-order valence-electron chi connectivity index (χ2n) is 14.3. The Kier molecular flexibility index (Phi) is 8.33. The molecule has 3 atom stereocenters. The van der Waals surface area contributed by atoms with E-state index in [2.05, 4.69) is 39.9 Å². The molecule has 4 aliphatic rings. The molecule has 4 fully saturated rings. The van der Waals surface area contributed by atoms with Gasteiger partial charge in [0.15, 0.2) is 0 Å². The minimum Gasteiger partial charge on any atom is -0.341 e. The van der Waals surface area contributed by atoms with Crippen molar-refractivity contribution in [2.24, 2.45) is 0 Å². The van der Waals surface area contributed by atoms with Crippen molar-refractivity contribution in [2.75, 3.05) is 19.6 Å². The molecule has 1 aromatic heterocycles. The number of aromatic nitrogens is 2. The molecule has 3 aromatic rings. The van der Waals surface area contributed by atoms with Gasteiger partial charge in [0, 0.05) is 31.2 Å². The number of amides is 2. The number of carbonyl (C=O) groups is 2. The summed E-state index contributed by atoms with van der Waals surface area (Å²) in [5.74, 6) is -1.74. The topological polar surface area (TPSA) is 70.5 Å². The average Bonchev–Trinajstić information content (AvgIpc) is 3.72. The van der Waals surface area contributed by atoms with Crippen LogP contribution in [0.1, 0.15) is 88.1 Å². The number of nitrogens with one attached hydrogen (secondary N) is 1. The van der Waals surface area contributed by atoms with E-state index in [-0.39, 0.29) is 24.1 Å². The molecule has 2 bridgehead atoms. The second kappa shape index (κ2) is 12.2. The molecule has 3 aliphatic heterocycles. The Morgan fingerprint density at radius 3 is 2.28 bits per heavy atom. The summed E-state index contributed by atoms with van der Waals surface area (Å²) < 4.78 is 56.6. The van der Waals surface area contributed by atoms with Crippen molar-refractivity contribution in [2.45, 2.75) is 113 Å². The van der Waals surface area contributed by atoms with E-state index in [1.807, 2.05) is 12.1 Å². The highest BCUT2D eigenvalue weighted by Crippen LogP contribution is 2.46. The normalized spacial score (nSPS) is 25.7. The smallest absolute Gasteiger partial charge is 0.341 e. The molecule has 2 amide bonds. The van der Waals surface area contributed by atoms with Crippen molar-refractivity contribution in [3.05, 3.63) is 65.7 Å². The Labute approximate surface area is 272 Å². The van der Waals surface area contributed by atoms with Gasteiger partial charge in [0.25, 0.3) is 0 Å². The van der Waals surface area contributed by atoms with Gasteiger partial charge in [0.2, 0.25) is 5.91 Å². The number of likely N-dealkylation sites (tertiary alicyclic amines) is 1. The van der Waals surface area contributed by atoms with Gasteiger partial charge in [-0.25, -0.2) is 9.37 Å². The third-order valence-corrected chi connectivity index (χ3v) is 11.8. The van der Waals surface area contributed by atoms with Gasteiger partial charge in [-0.2, -0.15) is 13.2 Å². The fourth-order valence-corrected chi connectivity index (χ4v) is 9.39. The van der Waals surface area contributed by atoms with E-state index in [0.29, 0.717) is 56.9 Å². The number of hydrogen-bond donors (Lipinski definition) is 1. The van der Waals surface area contributed by atoms with Crippen LogP contribution in [0.4, 0.5) is 17.6 Å². The van der Waals surface area contributed by atoms with Crippen LogP contribution in [0, 0.1) is 12.7 Å². The number of rotatable bonds is 7. The Bertz CT molecular complexity index is 1630. The van der Waals surface area contributed by atoms with Crippen molar-refractivity contribution < 1.29 is 27.2 Å². The Hall–Kier alpha value is -3.47. The predicted octanol–water partition coefficient (Wildman–Crippen LogP) is 6.59. The summed E-state index contributed by atoms with van der Waals surface area (Å²) in [5.41, 5.74) is 1.24. The molecule has 4 heterocycles. The van der Waals surface area contributed by atoms with E-state index < -0.39 is 23.5 Å². The fourth-order valence-electron chi connectivity index (χ4n) is 9.39. The van der Waals surface area contributed by atoms with Crippen molar-refractivity contribution >= 4 is 22.8 Å². The molecule has 0 spiro atoms. The van der Waals surface area contributed by atoms with Crippen molar-refractivity contribution in [1.82, 2.24) is 24.7 Å². The van der Waals surface area contributed by atoms with Gasteiger partial charge in [0.1, 0.15) is 17.2 Å². The summed E-state index contributed by atoms with van der Waals surface area (Å²) in [7, 11) is 0. The minimum absolute atomic E-state index is 0.201. The van der Waals surface area contributed by atoms with Gasteiger partial charge in [-0.05, 0) is 106 Å². The number of benzene rings is 2. The molecule has 0 radical (unpaired) electrons. The Balaban J connectivity index is 1.07. The molecule has 1 unspecified atom stereocenters. The molecule has 1 saturated carbocycles. The number of hydrogen-bond acceptors (Lipinski definition) is 4. The lowest BCUT2D eigenvalue weighted by molar-refractivity contribution is -0.177. The molecule has 47 heavy (non-hydrogen) atoms. The third-order valence-electron chi connectivity index (χ3n) is 11.8. The number of para-hydroxylation sites is 2. The van der Waals surface area contributed by atoms with Crippen molar-refractivity contribution in [3.63, 3.8) is 0 Å². The first-order valence-corrected chi connectivity index (χ1v) is 17.1. The number of fused-ring (bicyclic) bond motifs is 3. The zero-order chi connectivity index (χ0) is 33.0. The average molecular weight is 654 g/mol. The first-order chi connectivity index (χ1) is 22.5. The van der Waals surface area contributed by atoms with Gasteiger partial charge < -0.3 is 14.8 Å². The first kappa shape index (κ1) is 32.1. The summed E-state index contributed by atoms with van der Waals surface area (Å²) in [4.78, 5) is 34.8. The van der Waals surface area contributed by atoms with Crippen molar-refractivity contribution in [1.29, 1.82) is 0 Å². The van der Waals surface area contributed by atoms with Crippen LogP contribution in [0.2, 0.25) is 0 Å². The number of imidazole rings is 1. The molecular formula is C36H43F4N5O2. The highest BCUT2D eigenvalue weighted by atomic mass is 19.4. The summed E-state index contributed by atoms with van der Waals surface area (Å²) in [6.07, 6.45) is 2.89. The van der Waals surface area contributed by atoms with E-state index in [0.717, 1.165) is 55.6 Å². The van der Waals surface area contributed by atoms with E-state index in [1.165, 1.54) is 11.6 Å². The number of carbonyl (C=O) groups excluding carboxylic acids is 2. The number of nitrogens with zero attached hydrogens (tertiary/aromatic N) is 4. The number of piperidine rings is 2. The molecule has 2 aromatic carbocycles. The quantitative estimate of drug-likeness (QED) is 0.292. The van der Waals surface area contributed by atoms with E-state index in [9.17, 15) is 27.2 Å². The number of alkyl halides is 3. The predicted molar refractivity (Wildman–Crippen MR) is 170 cm³/mol. The zero-order valence-electron chi connectivity index (χ0n) is 26.9. The highest BCUT2D eigenvalue weighted by Gasteiger charge is 2.51. The largest absolute Gasteiger partial charge is 0.471 e. The lowest BCUT2D eigenvalue weighted by Gasteiger charge is -2.47. The number of aryl methyl sites for hydroxylation is 1. The SMILES string of the molecule is Cc1nc2ccccc2n1C1C[C@H]2CC[C@@H](C1)N2CCC1(c2cccc(F)c2)CCN(C(=O)C2(NC(=O)C(F)(F)F)CCCC2)CC1. The summed E-state index contributed by atoms with van der Waals surface area (Å²) in [6.45, 7) is 3.65. The summed E-state index contributed by atoms with van der Waals surface area (Å²) in [5, 5.41) is 2.08. The van der Waals surface area contributed by atoms with Gasteiger partial charge in [-0.3, -0.25) is 14.5 Å². The maximum atomic E-state index is 14.6. The van der Waals surface area contributed by atoms with Gasteiger partial charge in [-0.1, -0.05) is 37.1 Å². The van der Waals surface area contributed by atoms with Gasteiger partial charge in [0.05, 0.1) is 11.0 Å². The molecule has 3 saturated heterocycles. The molecule has 11 heteroatoms. The van der Waals surface area contributed by atoms with Crippen LogP contribution in [0.15, 0.2) is 48.5 Å². The van der Waals surface area contributed by atoms with Crippen LogP contribution >= 0.6 is 0 Å². The maximum absolute atomic E-state index is 14.6. The summed E-state index contributed by atoms with van der Waals surface area (Å²) >= 11 is 0. The van der Waals surface area contributed by atoms with Crippen LogP contribution in [0.3, 0.4) is 0 Å². The standard InChI is InChI=1S/C36H43F4N5O2/c1-24-41-30-9-2-3-10-31(30)45(24)29-22-27-11-12-28(23-29)44(27)20-17-34(25-7-6-8-26(37)21-25)15-18-43(19-16-34)33(47)35(13-4-5-14-35)42-32(46)36(38,39)40/h2-3,6-10,21,27-29H,4-5,11-20,22-23H2,1H3,(H,42,46)/t27-,28+,29?. The van der Waals surface area contributed by atoms with Crippen LogP contribution in [-0.2, 0) is 15.0 Å². The van der Waals surface area contributed by atoms with E-state index in [4.69, 9.17) is 4.98 Å². The molecule has 252 valence electrons. The molecule has 7 rings (SSSR count). The lowest BCUT2D eigenvalue weighted by Crippen LogP contribution is -2.62. The molecular weight excluding hydrogens is 610 g/mol. The van der Waals surface area contributed by atoms with Crippen LogP contribution in [0.5, 0.6) is 0 Å². The first-order valence-electron chi connectivity index (χ1n) is 17.1. The minimum atomic E-state index is -5.05. The molecule has 1 aliphatic carbocycles. The van der Waals surface area contributed by atoms with Gasteiger partial charge >= 0.3 is 12.1 Å². The monoisotopic (exact) mass is 653 g/mol. The third kappa shape index (κ3) is 5.93. The fraction of sp³-hybridized carbons (Fsp3) is 0.583. The Morgan fingerprint density at radius 2 is 1.62 bits per heavy atom. The van der Waals surface area contributed by atoms with Crippen LogP contribution in [0.25, 0.3) is 11.0 Å². The molecule has 7 nitrogen and oxygen atoms in total. The zero-order valence-corrected chi connectivity index (χ0v) is 26.9. The van der Waals surface area contributed by atoms with Crippen LogP contribution < -0.4 is 5.32 Å². The number of halogens is 4. The maximum Gasteiger partial charge on any atom is 0.471 e. The van der Waals surface area contributed by atoms with Crippen molar-refractivity contribution in [3.8, 4) is 0 Å². The summed E-state index contributed by atoms with van der Waals surface area (Å²) in [6, 6.07) is 16.4. The Morgan fingerprint density at radius 1 is 0.936 bits per heavy atom. The van der Waals surface area contributed by atoms with E-state index >= 15 is 0 Å². The lowest BCUT2D eigenvalue weighted by atomic mass is 9.70. The van der Waals surface area contributed by atoms with Crippen LogP contribution in [-0.4, -0.2) is 74.6 Å². The molecule has 1 N–H and O–H groups in total.